The predicted octanol–water partition coefficient (Wildman–Crippen LogP) is 2.97. The van der Waals surface area contributed by atoms with Gasteiger partial charge in [-0.05, 0) is 50.0 Å². The van der Waals surface area contributed by atoms with Crippen molar-refractivity contribution in [1.29, 1.82) is 0 Å². The Bertz CT molecular complexity index is 745. The van der Waals surface area contributed by atoms with Crippen LogP contribution in [0, 0.1) is 5.92 Å². The minimum absolute atomic E-state index is 0.0298. The van der Waals surface area contributed by atoms with Crippen LogP contribution in [0.2, 0.25) is 0 Å². The van der Waals surface area contributed by atoms with Gasteiger partial charge < -0.3 is 15.1 Å². The molecule has 164 valence electrons. The van der Waals surface area contributed by atoms with Crippen LogP contribution in [0.3, 0.4) is 0 Å². The smallest absolute Gasteiger partial charge is 0.245 e. The second kappa shape index (κ2) is 9.94. The molecule has 1 N–H and O–H groups in total. The number of nitrogens with zero attached hydrogens (tertiary/aromatic N) is 2. The third-order valence-electron chi connectivity index (χ3n) is 6.82. The van der Waals surface area contributed by atoms with Crippen LogP contribution in [0.15, 0.2) is 17.5 Å². The summed E-state index contributed by atoms with van der Waals surface area (Å²) in [5.74, 6) is 0.0526. The van der Waals surface area contributed by atoms with Gasteiger partial charge in [0.2, 0.25) is 17.7 Å². The predicted molar refractivity (Wildman–Crippen MR) is 117 cm³/mol. The van der Waals surface area contributed by atoms with Crippen LogP contribution >= 0.6 is 11.3 Å². The number of likely N-dealkylation sites (tertiary alicyclic amines) is 2. The highest BCUT2D eigenvalue weighted by atomic mass is 32.1. The second-order valence-electron chi connectivity index (χ2n) is 8.97. The maximum atomic E-state index is 13.3. The van der Waals surface area contributed by atoms with Crippen LogP contribution in [0.5, 0.6) is 0 Å². The third kappa shape index (κ3) is 5.05. The molecule has 3 aliphatic rings. The van der Waals surface area contributed by atoms with Crippen LogP contribution < -0.4 is 5.32 Å². The van der Waals surface area contributed by atoms with E-state index in [1.807, 2.05) is 22.4 Å². The van der Waals surface area contributed by atoms with Crippen molar-refractivity contribution in [2.75, 3.05) is 19.6 Å². The zero-order chi connectivity index (χ0) is 20.9. The average Bonchev–Trinajstić information content (AvgIpc) is 3.46. The van der Waals surface area contributed by atoms with Gasteiger partial charge in [0, 0.05) is 30.6 Å². The molecule has 0 spiro atoms. The van der Waals surface area contributed by atoms with Crippen LogP contribution in [-0.4, -0.2) is 59.2 Å². The van der Waals surface area contributed by atoms with Gasteiger partial charge in [-0.15, -0.1) is 11.3 Å². The number of thiophene rings is 1. The molecule has 2 unspecified atom stereocenters. The quantitative estimate of drug-likeness (QED) is 0.779. The van der Waals surface area contributed by atoms with Gasteiger partial charge in [-0.3, -0.25) is 14.4 Å². The zero-order valence-corrected chi connectivity index (χ0v) is 18.5. The Hall–Kier alpha value is -1.89. The molecule has 0 aromatic carbocycles. The number of carbonyl (C=O) groups excluding carboxylic acids is 3. The van der Waals surface area contributed by atoms with Crippen molar-refractivity contribution in [1.82, 2.24) is 15.1 Å². The molecular formula is C23H33N3O3S. The normalized spacial score (nSPS) is 25.3. The molecule has 3 fully saturated rings. The van der Waals surface area contributed by atoms with Crippen molar-refractivity contribution < 1.29 is 14.4 Å². The van der Waals surface area contributed by atoms with Crippen LogP contribution in [0.1, 0.15) is 62.7 Å². The van der Waals surface area contributed by atoms with Gasteiger partial charge in [-0.1, -0.05) is 25.3 Å². The van der Waals surface area contributed by atoms with Crippen molar-refractivity contribution in [2.24, 2.45) is 5.92 Å². The number of carbonyl (C=O) groups is 3. The molecule has 0 bridgehead atoms. The maximum Gasteiger partial charge on any atom is 0.245 e. The molecular weight excluding hydrogens is 398 g/mol. The number of amides is 3. The Morgan fingerprint density at radius 3 is 2.57 bits per heavy atom. The first kappa shape index (κ1) is 21.3. The van der Waals surface area contributed by atoms with Gasteiger partial charge in [-0.25, -0.2) is 0 Å². The van der Waals surface area contributed by atoms with E-state index in [2.05, 4.69) is 5.32 Å². The topological polar surface area (TPSA) is 69.7 Å². The minimum Gasteiger partial charge on any atom is -0.353 e. The van der Waals surface area contributed by atoms with E-state index in [1.54, 1.807) is 16.2 Å². The van der Waals surface area contributed by atoms with Crippen molar-refractivity contribution >= 4 is 29.1 Å². The Morgan fingerprint density at radius 1 is 1.00 bits per heavy atom. The molecule has 6 nitrogen and oxygen atoms in total. The summed E-state index contributed by atoms with van der Waals surface area (Å²) in [6, 6.07) is 3.86. The molecule has 3 heterocycles. The SMILES string of the molecule is O=C(NC1CCCCC1)C1CCCN(C(=O)C2CCCN2C(=O)Cc2cccs2)C1. The first-order valence-corrected chi connectivity index (χ1v) is 12.4. The van der Waals surface area contributed by atoms with Crippen LogP contribution in [0.25, 0.3) is 0 Å². The molecule has 4 rings (SSSR count). The molecule has 1 aliphatic carbocycles. The van der Waals surface area contributed by atoms with E-state index in [0.29, 0.717) is 32.1 Å². The Kier molecular flexibility index (Phi) is 7.08. The lowest BCUT2D eigenvalue weighted by Gasteiger charge is -2.36. The number of hydrogen-bond acceptors (Lipinski definition) is 4. The summed E-state index contributed by atoms with van der Waals surface area (Å²) in [5.41, 5.74) is 0. The molecule has 30 heavy (non-hydrogen) atoms. The maximum absolute atomic E-state index is 13.3. The van der Waals surface area contributed by atoms with E-state index in [9.17, 15) is 14.4 Å². The van der Waals surface area contributed by atoms with Crippen LogP contribution in [-0.2, 0) is 20.8 Å². The molecule has 2 saturated heterocycles. The Balaban J connectivity index is 1.33. The molecule has 1 aromatic heterocycles. The standard InChI is InChI=1S/C23H33N3O3S/c27-21(15-19-10-6-14-30-19)26-13-5-11-20(26)23(29)25-12-4-7-17(16-25)22(28)24-18-8-2-1-3-9-18/h6,10,14,17-18,20H,1-5,7-9,11-13,15-16H2,(H,24,28). The summed E-state index contributed by atoms with van der Waals surface area (Å²) in [6.07, 6.45) is 9.45. The molecule has 0 radical (unpaired) electrons. The lowest BCUT2D eigenvalue weighted by molar-refractivity contribution is -0.145. The lowest BCUT2D eigenvalue weighted by atomic mass is 9.92. The zero-order valence-electron chi connectivity index (χ0n) is 17.7. The fraction of sp³-hybridized carbons (Fsp3) is 0.696. The highest BCUT2D eigenvalue weighted by Gasteiger charge is 2.38. The summed E-state index contributed by atoms with van der Waals surface area (Å²) >= 11 is 1.58. The first-order valence-electron chi connectivity index (χ1n) is 11.5. The fourth-order valence-corrected chi connectivity index (χ4v) is 5.85. The first-order chi connectivity index (χ1) is 14.6. The number of nitrogens with one attached hydrogen (secondary N) is 1. The van der Waals surface area contributed by atoms with E-state index in [-0.39, 0.29) is 29.7 Å². The van der Waals surface area contributed by atoms with Gasteiger partial charge in [0.1, 0.15) is 6.04 Å². The van der Waals surface area contributed by atoms with Crippen molar-refractivity contribution in [2.45, 2.75) is 76.3 Å². The minimum atomic E-state index is -0.363. The van der Waals surface area contributed by atoms with E-state index < -0.39 is 0 Å². The number of hydrogen-bond donors (Lipinski definition) is 1. The molecule has 2 atom stereocenters. The van der Waals surface area contributed by atoms with E-state index >= 15 is 0 Å². The van der Waals surface area contributed by atoms with Gasteiger partial charge in [0.15, 0.2) is 0 Å². The Labute approximate surface area is 183 Å². The third-order valence-corrected chi connectivity index (χ3v) is 7.70. The lowest BCUT2D eigenvalue weighted by Crippen LogP contribution is -2.53. The van der Waals surface area contributed by atoms with E-state index in [0.717, 1.165) is 43.4 Å². The molecule has 2 aliphatic heterocycles. The molecule has 3 amide bonds. The van der Waals surface area contributed by atoms with E-state index in [1.165, 1.54) is 19.3 Å². The van der Waals surface area contributed by atoms with Gasteiger partial charge in [0.25, 0.3) is 0 Å². The summed E-state index contributed by atoms with van der Waals surface area (Å²) in [7, 11) is 0. The average molecular weight is 432 g/mol. The number of piperidine rings is 1. The van der Waals surface area contributed by atoms with Crippen molar-refractivity contribution in [3.05, 3.63) is 22.4 Å². The van der Waals surface area contributed by atoms with Gasteiger partial charge in [-0.2, -0.15) is 0 Å². The second-order valence-corrected chi connectivity index (χ2v) is 10.0. The van der Waals surface area contributed by atoms with Crippen molar-refractivity contribution in [3.63, 3.8) is 0 Å². The molecule has 1 aromatic rings. The summed E-state index contributed by atoms with van der Waals surface area (Å²) in [6.45, 7) is 1.83. The summed E-state index contributed by atoms with van der Waals surface area (Å²) in [5, 5.41) is 5.20. The van der Waals surface area contributed by atoms with Gasteiger partial charge >= 0.3 is 0 Å². The fourth-order valence-electron chi connectivity index (χ4n) is 5.15. The largest absolute Gasteiger partial charge is 0.353 e. The highest BCUT2D eigenvalue weighted by molar-refractivity contribution is 7.10. The number of rotatable bonds is 5. The van der Waals surface area contributed by atoms with E-state index in [4.69, 9.17) is 0 Å². The molecule has 1 saturated carbocycles. The van der Waals surface area contributed by atoms with Crippen molar-refractivity contribution in [3.8, 4) is 0 Å². The van der Waals surface area contributed by atoms with Crippen LogP contribution in [0.4, 0.5) is 0 Å². The van der Waals surface area contributed by atoms with Gasteiger partial charge in [0.05, 0.1) is 12.3 Å². The summed E-state index contributed by atoms with van der Waals surface area (Å²) < 4.78 is 0. The summed E-state index contributed by atoms with van der Waals surface area (Å²) in [4.78, 5) is 43.5. The monoisotopic (exact) mass is 431 g/mol. The molecule has 7 heteroatoms. The highest BCUT2D eigenvalue weighted by Crippen LogP contribution is 2.25. The Morgan fingerprint density at radius 2 is 1.80 bits per heavy atom.